The van der Waals surface area contributed by atoms with Crippen molar-refractivity contribution in [1.82, 2.24) is 10.1 Å². The zero-order valence-corrected chi connectivity index (χ0v) is 20.3. The molecule has 0 aliphatic heterocycles. The number of aromatic nitrogens is 1. The Hall–Kier alpha value is -3.16. The van der Waals surface area contributed by atoms with Gasteiger partial charge >= 0.3 is 5.97 Å². The monoisotopic (exact) mass is 481 g/mol. The molecule has 1 aromatic heterocycles. The first-order chi connectivity index (χ1) is 16.2. The molecule has 1 amide bonds. The van der Waals surface area contributed by atoms with Crippen LogP contribution in [-0.4, -0.2) is 41.6 Å². The molecule has 1 heterocycles. The number of halogens is 1. The summed E-state index contributed by atoms with van der Waals surface area (Å²) in [6, 6.07) is 17.2. The highest BCUT2D eigenvalue weighted by molar-refractivity contribution is 6.33. The highest BCUT2D eigenvalue weighted by Gasteiger charge is 2.51. The summed E-state index contributed by atoms with van der Waals surface area (Å²) in [7, 11) is 4.04. The third kappa shape index (κ3) is 4.10. The van der Waals surface area contributed by atoms with Crippen molar-refractivity contribution in [3.05, 3.63) is 76.5 Å². The average molecular weight is 482 g/mol. The lowest BCUT2D eigenvalue weighted by Gasteiger charge is -2.48. The Kier molecular flexibility index (Phi) is 6.51. The largest absolute Gasteiger partial charge is 0.445 e. The van der Waals surface area contributed by atoms with E-state index < -0.39 is 17.5 Å². The SMILES string of the molecule is Cc1onc(-c2ccccc2Cl)c1C(=O)OC1(C(N)=O)CCC(c2ccccc2)(N(C)C)CC1. The van der Waals surface area contributed by atoms with E-state index in [0.29, 0.717) is 36.3 Å². The van der Waals surface area contributed by atoms with Crippen molar-refractivity contribution in [2.24, 2.45) is 5.73 Å². The van der Waals surface area contributed by atoms with E-state index in [1.165, 1.54) is 0 Å². The van der Waals surface area contributed by atoms with Gasteiger partial charge in [0.2, 0.25) is 0 Å². The number of carbonyl (C=O) groups excluding carboxylic acids is 2. The van der Waals surface area contributed by atoms with Crippen molar-refractivity contribution in [3.8, 4) is 11.3 Å². The van der Waals surface area contributed by atoms with E-state index in [0.717, 1.165) is 5.56 Å². The maximum atomic E-state index is 13.4. The van der Waals surface area contributed by atoms with Crippen LogP contribution in [0.25, 0.3) is 11.3 Å². The summed E-state index contributed by atoms with van der Waals surface area (Å²) in [5.41, 5.74) is 6.22. The first kappa shape index (κ1) is 24.0. The Bertz CT molecular complexity index is 1200. The van der Waals surface area contributed by atoms with E-state index in [9.17, 15) is 9.59 Å². The minimum Gasteiger partial charge on any atom is -0.445 e. The van der Waals surface area contributed by atoms with Crippen molar-refractivity contribution in [2.45, 2.75) is 43.7 Å². The normalized spacial score (nSPS) is 22.5. The van der Waals surface area contributed by atoms with Crippen LogP contribution in [0, 0.1) is 6.92 Å². The van der Waals surface area contributed by atoms with E-state index in [4.69, 9.17) is 26.6 Å². The van der Waals surface area contributed by atoms with E-state index >= 15 is 0 Å². The van der Waals surface area contributed by atoms with Crippen LogP contribution in [0.5, 0.6) is 0 Å². The number of hydrogen-bond acceptors (Lipinski definition) is 6. The Balaban J connectivity index is 1.64. The third-order valence-corrected chi connectivity index (χ3v) is 7.31. The number of aryl methyl sites for hydroxylation is 1. The predicted octanol–water partition coefficient (Wildman–Crippen LogP) is 4.72. The summed E-state index contributed by atoms with van der Waals surface area (Å²) >= 11 is 6.32. The van der Waals surface area contributed by atoms with Gasteiger partial charge in [-0.15, -0.1) is 0 Å². The molecule has 0 bridgehead atoms. The molecule has 2 aromatic carbocycles. The lowest BCUT2D eigenvalue weighted by Crippen LogP contribution is -2.55. The van der Waals surface area contributed by atoms with Crippen LogP contribution < -0.4 is 5.73 Å². The van der Waals surface area contributed by atoms with Gasteiger partial charge in [0.15, 0.2) is 5.60 Å². The van der Waals surface area contributed by atoms with Gasteiger partial charge in [0.1, 0.15) is 17.0 Å². The number of primary amides is 1. The van der Waals surface area contributed by atoms with Crippen LogP contribution in [0.4, 0.5) is 0 Å². The molecule has 34 heavy (non-hydrogen) atoms. The maximum absolute atomic E-state index is 13.4. The Morgan fingerprint density at radius 1 is 1.03 bits per heavy atom. The summed E-state index contributed by atoms with van der Waals surface area (Å²) in [4.78, 5) is 28.2. The van der Waals surface area contributed by atoms with Crippen LogP contribution in [0.1, 0.15) is 47.4 Å². The topological polar surface area (TPSA) is 98.7 Å². The van der Waals surface area contributed by atoms with Crippen LogP contribution >= 0.6 is 11.6 Å². The second kappa shape index (κ2) is 9.24. The summed E-state index contributed by atoms with van der Waals surface area (Å²) in [6.45, 7) is 1.62. The number of carbonyl (C=O) groups is 2. The highest BCUT2D eigenvalue weighted by atomic mass is 35.5. The molecule has 3 aromatic rings. The number of esters is 1. The molecule has 8 heteroatoms. The zero-order valence-electron chi connectivity index (χ0n) is 19.5. The minimum atomic E-state index is -1.42. The van der Waals surface area contributed by atoms with E-state index in [1.54, 1.807) is 31.2 Å². The van der Waals surface area contributed by atoms with Crippen LogP contribution in [0.15, 0.2) is 59.1 Å². The van der Waals surface area contributed by atoms with Gasteiger partial charge in [-0.2, -0.15) is 0 Å². The Labute approximate surface area is 203 Å². The van der Waals surface area contributed by atoms with Gasteiger partial charge in [0.05, 0.1) is 5.02 Å². The van der Waals surface area contributed by atoms with Crippen LogP contribution in [0.3, 0.4) is 0 Å². The van der Waals surface area contributed by atoms with Crippen molar-refractivity contribution >= 4 is 23.5 Å². The Morgan fingerprint density at radius 2 is 1.65 bits per heavy atom. The fraction of sp³-hybridized carbons (Fsp3) is 0.346. The Morgan fingerprint density at radius 3 is 2.24 bits per heavy atom. The van der Waals surface area contributed by atoms with Crippen molar-refractivity contribution in [3.63, 3.8) is 0 Å². The third-order valence-electron chi connectivity index (χ3n) is 6.98. The first-order valence-corrected chi connectivity index (χ1v) is 11.6. The predicted molar refractivity (Wildman–Crippen MR) is 129 cm³/mol. The number of nitrogens with zero attached hydrogens (tertiary/aromatic N) is 2. The van der Waals surface area contributed by atoms with E-state index in [-0.39, 0.29) is 22.6 Å². The molecule has 0 spiro atoms. The van der Waals surface area contributed by atoms with Crippen LogP contribution in [0.2, 0.25) is 5.02 Å². The van der Waals surface area contributed by atoms with E-state index in [2.05, 4.69) is 22.2 Å². The highest BCUT2D eigenvalue weighted by Crippen LogP contribution is 2.46. The van der Waals surface area contributed by atoms with Gasteiger partial charge in [-0.3, -0.25) is 9.69 Å². The number of hydrogen-bond donors (Lipinski definition) is 1. The molecule has 1 fully saturated rings. The number of ether oxygens (including phenoxy) is 1. The molecule has 1 aliphatic rings. The molecule has 1 aliphatic carbocycles. The minimum absolute atomic E-state index is 0.140. The fourth-order valence-electron chi connectivity index (χ4n) is 4.89. The molecular formula is C26H28ClN3O4. The molecule has 0 atom stereocenters. The number of benzene rings is 2. The molecule has 4 rings (SSSR count). The van der Waals surface area contributed by atoms with Crippen LogP contribution in [-0.2, 0) is 15.1 Å². The lowest BCUT2D eigenvalue weighted by atomic mass is 9.69. The number of rotatable bonds is 6. The molecule has 0 saturated heterocycles. The van der Waals surface area contributed by atoms with Gasteiger partial charge < -0.3 is 15.0 Å². The second-order valence-electron chi connectivity index (χ2n) is 8.98. The fourth-order valence-corrected chi connectivity index (χ4v) is 5.11. The molecule has 2 N–H and O–H groups in total. The summed E-state index contributed by atoms with van der Waals surface area (Å²) < 4.78 is 11.2. The first-order valence-electron chi connectivity index (χ1n) is 11.2. The molecule has 0 unspecified atom stereocenters. The van der Waals surface area contributed by atoms with E-state index in [1.807, 2.05) is 32.3 Å². The maximum Gasteiger partial charge on any atom is 0.345 e. The smallest absolute Gasteiger partial charge is 0.345 e. The lowest BCUT2D eigenvalue weighted by molar-refractivity contribution is -0.144. The molecule has 1 saturated carbocycles. The quantitative estimate of drug-likeness (QED) is 0.511. The molecule has 178 valence electrons. The number of nitrogens with two attached hydrogens (primary N) is 1. The van der Waals surface area contributed by atoms with Crippen molar-refractivity contribution < 1.29 is 18.8 Å². The van der Waals surface area contributed by atoms with Crippen molar-refractivity contribution in [1.29, 1.82) is 0 Å². The van der Waals surface area contributed by atoms with Gasteiger partial charge in [-0.05, 0) is 58.3 Å². The molecular weight excluding hydrogens is 454 g/mol. The van der Waals surface area contributed by atoms with Crippen molar-refractivity contribution in [2.75, 3.05) is 14.1 Å². The van der Waals surface area contributed by atoms with Gasteiger partial charge in [0, 0.05) is 11.1 Å². The summed E-state index contributed by atoms with van der Waals surface area (Å²) in [5.74, 6) is -1.08. The van der Waals surface area contributed by atoms with Gasteiger partial charge in [-0.25, -0.2) is 4.79 Å². The van der Waals surface area contributed by atoms with Gasteiger partial charge in [0.25, 0.3) is 5.91 Å². The summed E-state index contributed by atoms with van der Waals surface area (Å²) in [5, 5.41) is 4.45. The molecule has 7 nitrogen and oxygen atoms in total. The zero-order chi connectivity index (χ0) is 24.5. The van der Waals surface area contributed by atoms with Gasteiger partial charge in [-0.1, -0.05) is 65.3 Å². The average Bonchev–Trinajstić information content (AvgIpc) is 3.21. The number of amides is 1. The second-order valence-corrected chi connectivity index (χ2v) is 9.39. The molecule has 0 radical (unpaired) electrons. The summed E-state index contributed by atoms with van der Waals surface area (Å²) in [6.07, 6.45) is 1.79. The standard InChI is InChI=1S/C26H28ClN3O4/c1-17-21(22(29-34-17)19-11-7-8-12-20(19)27)23(31)33-26(24(28)32)15-13-25(14-16-26,30(2)3)18-9-5-4-6-10-18/h4-12H,13-16H2,1-3H3,(H2,28,32).